The Morgan fingerprint density at radius 1 is 0.352 bits per heavy atom. The molecule has 0 bridgehead atoms. The summed E-state index contributed by atoms with van der Waals surface area (Å²) in [5, 5.41) is 0. The molecule has 0 amide bonds. The lowest BCUT2D eigenvalue weighted by molar-refractivity contribution is -0.167. The van der Waals surface area contributed by atoms with Gasteiger partial charge in [-0.3, -0.25) is 14.4 Å². The van der Waals surface area contributed by atoms with E-state index in [2.05, 4.69) is 32.9 Å². The first-order valence-corrected chi connectivity index (χ1v) is 23.7. The number of hydrogen-bond acceptors (Lipinski definition) is 6. The van der Waals surface area contributed by atoms with Crippen molar-refractivity contribution < 1.29 is 28.6 Å². The fraction of sp³-hybridized carbons (Fsp3) is 0.896. The van der Waals surface area contributed by atoms with E-state index in [-0.39, 0.29) is 31.1 Å². The molecular formula is C48H90O6. The van der Waals surface area contributed by atoms with E-state index in [1.807, 2.05) is 0 Å². The van der Waals surface area contributed by atoms with Crippen LogP contribution in [0.1, 0.15) is 258 Å². The summed E-state index contributed by atoms with van der Waals surface area (Å²) in [6, 6.07) is 0. The Morgan fingerprint density at radius 3 is 0.926 bits per heavy atom. The third-order valence-electron chi connectivity index (χ3n) is 10.5. The number of esters is 3. The highest BCUT2D eigenvalue weighted by molar-refractivity contribution is 5.71. The zero-order valence-electron chi connectivity index (χ0n) is 36.3. The normalized spacial score (nSPS) is 12.0. The molecule has 0 rings (SSSR count). The molecule has 0 heterocycles. The zero-order chi connectivity index (χ0) is 39.4. The van der Waals surface area contributed by atoms with Crippen LogP contribution >= 0.6 is 0 Å². The molecule has 318 valence electrons. The number of carbonyl (C=O) groups excluding carboxylic acids is 3. The maximum absolute atomic E-state index is 12.7. The van der Waals surface area contributed by atoms with Crippen LogP contribution in [0.5, 0.6) is 0 Å². The standard InChI is InChI=1S/C48H90O6/c1-4-7-10-13-16-19-21-22-23-24-25-26-27-30-32-35-38-41-47(50)53-44-45(43-52-46(49)40-37-34-31-28-18-15-12-9-6-3)54-48(51)42-39-36-33-29-20-17-14-11-8-5-2/h22-23,45H,4-21,24-44H2,1-3H3/b23-22-. The molecule has 0 saturated carbocycles. The highest BCUT2D eigenvalue weighted by Crippen LogP contribution is 2.15. The molecule has 0 aromatic heterocycles. The van der Waals surface area contributed by atoms with Gasteiger partial charge in [0.2, 0.25) is 0 Å². The molecule has 6 nitrogen and oxygen atoms in total. The van der Waals surface area contributed by atoms with Crippen molar-refractivity contribution in [3.05, 3.63) is 12.2 Å². The molecule has 0 radical (unpaired) electrons. The quantitative estimate of drug-likeness (QED) is 0.0266. The van der Waals surface area contributed by atoms with Crippen molar-refractivity contribution in [2.24, 2.45) is 0 Å². The summed E-state index contributed by atoms with van der Waals surface area (Å²) in [6.45, 7) is 6.61. The molecule has 1 unspecified atom stereocenters. The second-order valence-corrected chi connectivity index (χ2v) is 16.0. The maximum atomic E-state index is 12.7. The van der Waals surface area contributed by atoms with Gasteiger partial charge in [-0.05, 0) is 44.9 Å². The van der Waals surface area contributed by atoms with Crippen molar-refractivity contribution in [3.8, 4) is 0 Å². The topological polar surface area (TPSA) is 78.9 Å². The summed E-state index contributed by atoms with van der Waals surface area (Å²) in [5.74, 6) is -0.866. The zero-order valence-corrected chi connectivity index (χ0v) is 36.3. The van der Waals surface area contributed by atoms with Crippen molar-refractivity contribution in [1.82, 2.24) is 0 Å². The minimum absolute atomic E-state index is 0.0672. The fourth-order valence-corrected chi connectivity index (χ4v) is 6.91. The first-order chi connectivity index (χ1) is 26.5. The summed E-state index contributed by atoms with van der Waals surface area (Å²) in [5.41, 5.74) is 0. The molecule has 0 aliphatic heterocycles. The van der Waals surface area contributed by atoms with Crippen molar-refractivity contribution in [2.75, 3.05) is 13.2 Å². The van der Waals surface area contributed by atoms with Crippen LogP contribution in [-0.4, -0.2) is 37.2 Å². The van der Waals surface area contributed by atoms with Crippen LogP contribution < -0.4 is 0 Å². The molecule has 0 N–H and O–H groups in total. The monoisotopic (exact) mass is 763 g/mol. The molecule has 0 aliphatic rings. The molecular weight excluding hydrogens is 673 g/mol. The van der Waals surface area contributed by atoms with E-state index in [1.165, 1.54) is 161 Å². The van der Waals surface area contributed by atoms with Crippen LogP contribution in [0.2, 0.25) is 0 Å². The van der Waals surface area contributed by atoms with Crippen LogP contribution in [0.15, 0.2) is 12.2 Å². The lowest BCUT2D eigenvalue weighted by Gasteiger charge is -2.18. The van der Waals surface area contributed by atoms with Crippen LogP contribution in [0.4, 0.5) is 0 Å². The van der Waals surface area contributed by atoms with E-state index in [0.717, 1.165) is 57.8 Å². The highest BCUT2D eigenvalue weighted by Gasteiger charge is 2.19. The molecule has 54 heavy (non-hydrogen) atoms. The molecule has 0 aromatic carbocycles. The SMILES string of the molecule is CCCCCCCC/C=C\CCCCCCCCCC(=O)OCC(COC(=O)CCCCCCCCCCC)OC(=O)CCCCCCCCCCCC. The average molecular weight is 763 g/mol. The minimum atomic E-state index is -0.762. The summed E-state index contributed by atoms with van der Waals surface area (Å²) >= 11 is 0. The number of allylic oxidation sites excluding steroid dienone is 2. The molecule has 6 heteroatoms. The van der Waals surface area contributed by atoms with Gasteiger partial charge in [0.05, 0.1) is 0 Å². The van der Waals surface area contributed by atoms with E-state index in [1.54, 1.807) is 0 Å². The predicted octanol–water partition coefficient (Wildman–Crippen LogP) is 15.0. The van der Waals surface area contributed by atoms with Gasteiger partial charge in [-0.15, -0.1) is 0 Å². The lowest BCUT2D eigenvalue weighted by Crippen LogP contribution is -2.30. The number of ether oxygens (including phenoxy) is 3. The van der Waals surface area contributed by atoms with Gasteiger partial charge in [0.25, 0.3) is 0 Å². The van der Waals surface area contributed by atoms with Crippen molar-refractivity contribution in [3.63, 3.8) is 0 Å². The molecule has 0 fully saturated rings. The Kier molecular flexibility index (Phi) is 42.4. The van der Waals surface area contributed by atoms with Gasteiger partial charge in [-0.2, -0.15) is 0 Å². The minimum Gasteiger partial charge on any atom is -0.462 e. The number of carbonyl (C=O) groups is 3. The van der Waals surface area contributed by atoms with Gasteiger partial charge in [-0.1, -0.05) is 206 Å². The Bertz CT molecular complexity index is 839. The van der Waals surface area contributed by atoms with Crippen LogP contribution in [0, 0.1) is 0 Å². The van der Waals surface area contributed by atoms with Crippen LogP contribution in [0.25, 0.3) is 0 Å². The smallest absolute Gasteiger partial charge is 0.306 e. The van der Waals surface area contributed by atoms with Crippen molar-refractivity contribution >= 4 is 17.9 Å². The fourth-order valence-electron chi connectivity index (χ4n) is 6.91. The van der Waals surface area contributed by atoms with Crippen LogP contribution in [0.3, 0.4) is 0 Å². The van der Waals surface area contributed by atoms with E-state index in [0.29, 0.717) is 19.3 Å². The third-order valence-corrected chi connectivity index (χ3v) is 10.5. The molecule has 0 aliphatic carbocycles. The van der Waals surface area contributed by atoms with Gasteiger partial charge in [-0.25, -0.2) is 0 Å². The molecule has 0 aromatic rings. The Labute approximate surface area is 335 Å². The first-order valence-electron chi connectivity index (χ1n) is 23.7. The number of hydrogen-bond donors (Lipinski definition) is 0. The Morgan fingerprint density at radius 2 is 0.611 bits per heavy atom. The predicted molar refractivity (Wildman–Crippen MR) is 229 cm³/mol. The van der Waals surface area contributed by atoms with Gasteiger partial charge in [0.15, 0.2) is 6.10 Å². The Balaban J connectivity index is 4.26. The van der Waals surface area contributed by atoms with E-state index in [9.17, 15) is 14.4 Å². The van der Waals surface area contributed by atoms with Crippen LogP contribution in [-0.2, 0) is 28.6 Å². The number of rotatable bonds is 43. The van der Waals surface area contributed by atoms with Gasteiger partial charge >= 0.3 is 17.9 Å². The van der Waals surface area contributed by atoms with Gasteiger partial charge in [0, 0.05) is 19.3 Å². The van der Waals surface area contributed by atoms with Crippen molar-refractivity contribution in [2.45, 2.75) is 264 Å². The largest absolute Gasteiger partial charge is 0.462 e. The van der Waals surface area contributed by atoms with E-state index < -0.39 is 6.10 Å². The Hall–Kier alpha value is -1.85. The van der Waals surface area contributed by atoms with E-state index >= 15 is 0 Å². The second-order valence-electron chi connectivity index (χ2n) is 16.0. The second kappa shape index (κ2) is 43.9. The summed E-state index contributed by atoms with van der Waals surface area (Å²) < 4.78 is 16.7. The lowest BCUT2D eigenvalue weighted by atomic mass is 10.1. The highest BCUT2D eigenvalue weighted by atomic mass is 16.6. The number of unbranched alkanes of at least 4 members (excludes halogenated alkanes) is 30. The summed E-state index contributed by atoms with van der Waals surface area (Å²) in [4.78, 5) is 37.7. The first kappa shape index (κ1) is 52.2. The van der Waals surface area contributed by atoms with E-state index in [4.69, 9.17) is 14.2 Å². The maximum Gasteiger partial charge on any atom is 0.306 e. The summed E-state index contributed by atoms with van der Waals surface area (Å²) in [7, 11) is 0. The molecule has 0 spiro atoms. The van der Waals surface area contributed by atoms with Crippen molar-refractivity contribution in [1.29, 1.82) is 0 Å². The summed E-state index contributed by atoms with van der Waals surface area (Å²) in [6.07, 6.45) is 46.2. The van der Waals surface area contributed by atoms with Gasteiger partial charge < -0.3 is 14.2 Å². The molecule has 1 atom stereocenters. The van der Waals surface area contributed by atoms with Gasteiger partial charge in [0.1, 0.15) is 13.2 Å². The third kappa shape index (κ3) is 41.3. The molecule has 0 saturated heterocycles. The average Bonchev–Trinajstić information content (AvgIpc) is 3.17.